The second-order valence-electron chi connectivity index (χ2n) is 21.9. The smallest absolute Gasteiger partial charge is 0.261 e. The van der Waals surface area contributed by atoms with E-state index in [2.05, 4.69) is 48.0 Å². The van der Waals surface area contributed by atoms with Crippen molar-refractivity contribution in [3.63, 3.8) is 0 Å². The Balaban J connectivity index is 1.09. The Hall–Kier alpha value is -8.13. The van der Waals surface area contributed by atoms with Gasteiger partial charge in [0.1, 0.15) is 59.2 Å². The third-order valence-electron chi connectivity index (χ3n) is 15.3. The van der Waals surface area contributed by atoms with Crippen LogP contribution in [0.1, 0.15) is 74.9 Å². The highest BCUT2D eigenvalue weighted by Crippen LogP contribution is 2.35. The molecule has 3 aliphatic rings. The Bertz CT molecular complexity index is 3360. The lowest BCUT2D eigenvalue weighted by atomic mass is 9.96. The Morgan fingerprint density at radius 1 is 0.833 bits per heavy atom. The molecule has 3 saturated heterocycles. The first-order valence-corrected chi connectivity index (χ1v) is 29.9. The van der Waals surface area contributed by atoms with Gasteiger partial charge in [-0.2, -0.15) is 5.10 Å². The number of aromatic hydroxyl groups is 1. The van der Waals surface area contributed by atoms with E-state index in [0.717, 1.165) is 59.1 Å². The summed E-state index contributed by atoms with van der Waals surface area (Å²) in [5, 5.41) is 119. The van der Waals surface area contributed by atoms with E-state index in [1.54, 1.807) is 22.8 Å². The van der Waals surface area contributed by atoms with E-state index in [1.807, 2.05) is 24.3 Å². The van der Waals surface area contributed by atoms with Crippen LogP contribution in [0.25, 0.3) is 26.8 Å². The van der Waals surface area contributed by atoms with Crippen LogP contribution in [0.3, 0.4) is 0 Å². The fraction of sp³-hybridized carbons (Fsp3) is 0.464. The van der Waals surface area contributed by atoms with Crippen LogP contribution in [0, 0.1) is 5.92 Å². The van der Waals surface area contributed by atoms with E-state index < -0.39 is 183 Å². The summed E-state index contributed by atoms with van der Waals surface area (Å²) in [6, 6.07) is 4.19. The van der Waals surface area contributed by atoms with Crippen molar-refractivity contribution in [1.82, 2.24) is 51.0 Å². The number of primary amides is 1. The minimum Gasteiger partial charge on any atom is -0.504 e. The number of hydrogen-bond donors (Lipinski definition) is 15. The predicted molar refractivity (Wildman–Crippen MR) is 313 cm³/mol. The third-order valence-corrected chi connectivity index (χ3v) is 16.6. The molecule has 5 aromatic rings. The van der Waals surface area contributed by atoms with Gasteiger partial charge in [-0.25, -0.2) is 14.8 Å². The molecule has 16 N–H and O–H groups in total. The van der Waals surface area contributed by atoms with E-state index in [1.165, 1.54) is 30.4 Å². The molecule has 0 saturated carbocycles. The Kier molecular flexibility index (Phi) is 22.7. The van der Waals surface area contributed by atoms with E-state index in [-0.39, 0.29) is 23.5 Å². The van der Waals surface area contributed by atoms with Crippen molar-refractivity contribution in [3.05, 3.63) is 84.1 Å². The normalized spacial score (nSPS) is 25.4. The molecule has 34 heteroatoms. The number of ether oxygens (including phenoxy) is 1. The van der Waals surface area contributed by atoms with Crippen molar-refractivity contribution in [1.29, 1.82) is 0 Å². The lowest BCUT2D eigenvalue weighted by molar-refractivity contribution is -0.433. The number of carbonyl (C=O) groups excluding carboxylic acids is 8. The Morgan fingerprint density at radius 2 is 1.51 bits per heavy atom. The van der Waals surface area contributed by atoms with Crippen molar-refractivity contribution in [3.8, 4) is 39.1 Å². The maximum atomic E-state index is 14.7. The molecule has 8 rings (SSSR count). The molecule has 0 bridgehead atoms. The van der Waals surface area contributed by atoms with E-state index in [4.69, 9.17) is 24.9 Å². The maximum Gasteiger partial charge on any atom is 0.261 e. The molecule has 5 heterocycles. The van der Waals surface area contributed by atoms with Gasteiger partial charge in [0.05, 0.1) is 55.4 Å². The van der Waals surface area contributed by atoms with Gasteiger partial charge in [-0.15, -0.1) is 0 Å². The summed E-state index contributed by atoms with van der Waals surface area (Å²) < 4.78 is 16.6. The van der Waals surface area contributed by atoms with Gasteiger partial charge in [0, 0.05) is 55.1 Å². The van der Waals surface area contributed by atoms with Crippen LogP contribution in [0.5, 0.6) is 17.2 Å². The number of imidazole rings is 1. The fourth-order valence-corrected chi connectivity index (χ4v) is 11.6. The molecule has 0 radical (unpaired) electrons. The number of aliphatic hydroxyl groups excluding tert-OH is 7. The molecule has 2 aromatic heterocycles. The van der Waals surface area contributed by atoms with Crippen molar-refractivity contribution in [2.75, 3.05) is 26.2 Å². The predicted octanol–water partition coefficient (Wildman–Crippen LogP) is -2.31. The standard InChI is InChI=1S/C56H69N11O21S2/c1-4-5-16-85-33-13-10-29(11-14-33)53-64-67-24-35(60-56(67)89-53)27-6-8-28(9-7-27)48(77)59-34-18-31(69)21-58-52(81)44-45(74)25(2)22-66(44)55(83)42(38(72)20-40(57)73)62-51(80)43(47(76)46(75)30-12-15-37(71)39(17-30)86-90-88-87-84)63-50(79)36-19-32(70)23-65(36)54(82)41(26(3)68)61-49(34)78/h6-15,17,24-26,31-32,34,36,38,41-47,68-72,74-76,84H,4-5,16,18-23H2,1-3H3,(H2,57,73)(H,58,81)(H,59,77)(H,61,78)(H,62,80)(H,63,79). The largest absolute Gasteiger partial charge is 0.504 e. The lowest BCUT2D eigenvalue weighted by Crippen LogP contribution is -2.64. The molecule has 14 unspecified atom stereocenters. The van der Waals surface area contributed by atoms with Gasteiger partial charge >= 0.3 is 0 Å². The molecule has 3 aliphatic heterocycles. The first-order valence-electron chi connectivity index (χ1n) is 28.4. The second-order valence-corrected chi connectivity index (χ2v) is 23.3. The summed E-state index contributed by atoms with van der Waals surface area (Å²) >= 11 is 1.32. The van der Waals surface area contributed by atoms with Gasteiger partial charge in [0.15, 0.2) is 11.5 Å². The SMILES string of the molecule is CCCCOc1ccc(-c2nn3cc(-c4ccc(C(=O)NC5CC(O)CNC(=O)C6C(O)C(C)CN6C(=O)C(C(O)CC(N)=O)NC(=O)C(C(O)C(O)c6ccc(O)c(OSOOO)c6)NC(=O)C6CC(O)CN6C(=O)C(C(C)O)NC5=O)cc4)nc3s2)cc1. The molecule has 8 amide bonds. The summed E-state index contributed by atoms with van der Waals surface area (Å²) in [5.74, 6) is -11.2. The van der Waals surface area contributed by atoms with E-state index >= 15 is 0 Å². The Morgan fingerprint density at radius 3 is 2.18 bits per heavy atom. The highest BCUT2D eigenvalue weighted by molar-refractivity contribution is 7.90. The lowest BCUT2D eigenvalue weighted by Gasteiger charge is -2.34. The number of benzene rings is 3. The quantitative estimate of drug-likeness (QED) is 0.0179. The zero-order chi connectivity index (χ0) is 65.2. The summed E-state index contributed by atoms with van der Waals surface area (Å²) in [6.45, 7) is 3.37. The van der Waals surface area contributed by atoms with Crippen molar-refractivity contribution >= 4 is 75.9 Å². The number of β-amino-alcohol motifs (C(OH)–C–C–N with tert-alkyl or cyclic N) is 1. The minimum atomic E-state index is -2.53. The van der Waals surface area contributed by atoms with Gasteiger partial charge < -0.3 is 91.9 Å². The number of hydrogen-bond acceptors (Lipinski definition) is 25. The fourth-order valence-electron chi connectivity index (χ4n) is 10.5. The van der Waals surface area contributed by atoms with Crippen molar-refractivity contribution in [2.24, 2.45) is 11.7 Å². The number of carbonyl (C=O) groups is 8. The average Bonchev–Trinajstić information content (AvgIpc) is 1.75. The topological polar surface area (TPSA) is 478 Å². The maximum absolute atomic E-state index is 14.7. The van der Waals surface area contributed by atoms with Crippen LogP contribution in [-0.2, 0) is 42.9 Å². The molecule has 90 heavy (non-hydrogen) atoms. The first kappa shape index (κ1) is 67.8. The summed E-state index contributed by atoms with van der Waals surface area (Å²) in [7, 11) is 0. The van der Waals surface area contributed by atoms with Gasteiger partial charge in [-0.3, -0.25) is 38.4 Å². The number of fused-ring (bicyclic) bond motifs is 3. The molecule has 3 aromatic carbocycles. The first-order chi connectivity index (χ1) is 42.9. The summed E-state index contributed by atoms with van der Waals surface area (Å²) in [4.78, 5) is 120. The number of aromatic nitrogens is 3. The summed E-state index contributed by atoms with van der Waals surface area (Å²) in [5.41, 5.74) is 6.96. The van der Waals surface area contributed by atoms with Crippen LogP contribution in [-0.4, -0.2) is 217 Å². The number of nitrogens with two attached hydrogens (primary N) is 1. The minimum absolute atomic E-state index is 0.0126. The molecule has 32 nitrogen and oxygen atoms in total. The highest BCUT2D eigenvalue weighted by Gasteiger charge is 2.50. The van der Waals surface area contributed by atoms with Crippen LogP contribution in [0.2, 0.25) is 0 Å². The second kappa shape index (κ2) is 30.1. The van der Waals surface area contributed by atoms with Crippen molar-refractivity contribution < 1.29 is 103 Å². The molecule has 0 aliphatic carbocycles. The van der Waals surface area contributed by atoms with Gasteiger partial charge in [-0.05, 0) is 67.4 Å². The number of amides is 8. The molecular formula is C56H69N11O21S2. The number of aliphatic hydroxyl groups is 7. The monoisotopic (exact) mass is 1300 g/mol. The van der Waals surface area contributed by atoms with E-state index in [9.17, 15) is 79.2 Å². The number of rotatable bonds is 19. The number of nitrogens with zero attached hydrogens (tertiary/aromatic N) is 5. The zero-order valence-electron chi connectivity index (χ0n) is 48.4. The molecule has 486 valence electrons. The molecular weight excluding hydrogens is 1230 g/mol. The van der Waals surface area contributed by atoms with Gasteiger partial charge in [0.25, 0.3) is 18.2 Å². The molecule has 0 spiro atoms. The third kappa shape index (κ3) is 16.1. The van der Waals surface area contributed by atoms with Crippen LogP contribution in [0.4, 0.5) is 0 Å². The van der Waals surface area contributed by atoms with E-state index in [0.29, 0.717) is 27.8 Å². The molecule has 3 fully saturated rings. The average molecular weight is 1300 g/mol. The summed E-state index contributed by atoms with van der Waals surface area (Å²) in [6.07, 6.45) is -12.5. The number of phenolic OH excluding ortho intramolecular Hbond substituents is 1. The number of phenols is 1. The van der Waals surface area contributed by atoms with Crippen molar-refractivity contribution in [2.45, 2.75) is 132 Å². The van der Waals surface area contributed by atoms with Crippen LogP contribution < -0.4 is 41.2 Å². The van der Waals surface area contributed by atoms with Crippen LogP contribution in [0.15, 0.2) is 72.9 Å². The molecule has 14 atom stereocenters. The highest BCUT2D eigenvalue weighted by atomic mass is 32.2. The van der Waals surface area contributed by atoms with Gasteiger partial charge in [-0.1, -0.05) is 59.2 Å². The zero-order valence-corrected chi connectivity index (χ0v) is 50.1. The van der Waals surface area contributed by atoms with Crippen LogP contribution >= 0.6 is 23.7 Å². The number of nitrogens with one attached hydrogen (secondary N) is 5. The van der Waals surface area contributed by atoms with Gasteiger partial charge in [0.2, 0.25) is 46.3 Å². The number of unbranched alkanes of at least 4 members (excludes halogenated alkanes) is 1. The Labute approximate surface area is 520 Å².